The number of carbonyl (C=O) groups is 2. The van der Waals surface area contributed by atoms with Gasteiger partial charge in [-0.15, -0.1) is 0 Å². The van der Waals surface area contributed by atoms with Crippen LogP contribution in [0.5, 0.6) is 5.75 Å². The third-order valence-electron chi connectivity index (χ3n) is 7.11. The van der Waals surface area contributed by atoms with Gasteiger partial charge in [-0.3, -0.25) is 14.5 Å². The minimum atomic E-state index is -0.633. The summed E-state index contributed by atoms with van der Waals surface area (Å²) in [5, 5.41) is 3.40. The standard InChI is InChI=1S/C29H39N5O3S/c1-3-21-37-25-13-11-23(12-14-25)30-27(35)22-26-28(36)34(24-9-6-5-7-10-24)29(38)33(26)16-8-15-32-19-17-31(4-2)18-20-32/h5-7,9-14,26H,3-4,8,15-22H2,1-2H3,(H,30,35). The number of thiocarbonyl (C=S) groups is 1. The molecule has 2 aliphatic heterocycles. The number of carbonyl (C=O) groups excluding carboxylic acids is 2. The summed E-state index contributed by atoms with van der Waals surface area (Å²) in [4.78, 5) is 35.1. The van der Waals surface area contributed by atoms with Gasteiger partial charge < -0.3 is 24.8 Å². The number of likely N-dealkylation sites (N-methyl/N-ethyl adjacent to an activating group) is 1. The van der Waals surface area contributed by atoms with Crippen molar-refractivity contribution in [1.29, 1.82) is 0 Å². The minimum Gasteiger partial charge on any atom is -0.494 e. The van der Waals surface area contributed by atoms with Crippen molar-refractivity contribution in [3.8, 4) is 5.75 Å². The second-order valence-electron chi connectivity index (χ2n) is 9.76. The first-order chi connectivity index (χ1) is 18.5. The second-order valence-corrected chi connectivity index (χ2v) is 10.1. The van der Waals surface area contributed by atoms with Gasteiger partial charge >= 0.3 is 0 Å². The van der Waals surface area contributed by atoms with Crippen LogP contribution in [-0.4, -0.2) is 90.1 Å². The van der Waals surface area contributed by atoms with Crippen LogP contribution in [0, 0.1) is 0 Å². The molecule has 0 aromatic heterocycles. The van der Waals surface area contributed by atoms with E-state index in [0.29, 0.717) is 24.0 Å². The molecular formula is C29H39N5O3S. The first-order valence-electron chi connectivity index (χ1n) is 13.7. The number of nitrogens with zero attached hydrogens (tertiary/aromatic N) is 4. The van der Waals surface area contributed by atoms with E-state index in [2.05, 4.69) is 29.0 Å². The van der Waals surface area contributed by atoms with Gasteiger partial charge in [0.05, 0.1) is 18.7 Å². The lowest BCUT2D eigenvalue weighted by Crippen LogP contribution is -2.47. The van der Waals surface area contributed by atoms with Gasteiger partial charge in [-0.2, -0.15) is 0 Å². The Morgan fingerprint density at radius 2 is 1.66 bits per heavy atom. The third-order valence-corrected chi connectivity index (χ3v) is 7.53. The Bertz CT molecular complexity index is 1070. The summed E-state index contributed by atoms with van der Waals surface area (Å²) in [6, 6.07) is 16.1. The molecule has 0 bridgehead atoms. The predicted octanol–water partition coefficient (Wildman–Crippen LogP) is 3.83. The van der Waals surface area contributed by atoms with Crippen molar-refractivity contribution in [2.45, 2.75) is 39.2 Å². The number of hydrogen-bond donors (Lipinski definition) is 1. The van der Waals surface area contributed by atoms with E-state index in [1.807, 2.05) is 59.5 Å². The second kappa shape index (κ2) is 13.7. The van der Waals surface area contributed by atoms with Crippen molar-refractivity contribution >= 4 is 40.5 Å². The average molecular weight is 538 g/mol. The highest BCUT2D eigenvalue weighted by molar-refractivity contribution is 7.80. The first-order valence-corrected chi connectivity index (χ1v) is 14.1. The summed E-state index contributed by atoms with van der Waals surface area (Å²) in [5.41, 5.74) is 1.40. The Balaban J connectivity index is 1.40. The van der Waals surface area contributed by atoms with Gasteiger partial charge in [-0.1, -0.05) is 32.0 Å². The van der Waals surface area contributed by atoms with Crippen LogP contribution in [0.4, 0.5) is 11.4 Å². The molecule has 8 nitrogen and oxygen atoms in total. The fourth-order valence-electron chi connectivity index (χ4n) is 4.94. The zero-order valence-corrected chi connectivity index (χ0v) is 23.3. The van der Waals surface area contributed by atoms with E-state index in [0.717, 1.165) is 63.5 Å². The van der Waals surface area contributed by atoms with Crippen molar-refractivity contribution in [2.24, 2.45) is 0 Å². The highest BCUT2D eigenvalue weighted by atomic mass is 32.1. The molecule has 4 rings (SSSR count). The molecule has 1 unspecified atom stereocenters. The van der Waals surface area contributed by atoms with Crippen molar-refractivity contribution < 1.29 is 14.3 Å². The monoisotopic (exact) mass is 537 g/mol. The van der Waals surface area contributed by atoms with Crippen LogP contribution < -0.4 is 15.0 Å². The van der Waals surface area contributed by atoms with Gasteiger partial charge in [0.2, 0.25) is 5.91 Å². The molecule has 0 radical (unpaired) electrons. The normalized spacial score (nSPS) is 18.7. The molecule has 204 valence electrons. The van der Waals surface area contributed by atoms with E-state index in [9.17, 15) is 9.59 Å². The third kappa shape index (κ3) is 7.09. The predicted molar refractivity (Wildman–Crippen MR) is 156 cm³/mol. The van der Waals surface area contributed by atoms with Crippen molar-refractivity contribution in [2.75, 3.05) is 62.6 Å². The topological polar surface area (TPSA) is 68.4 Å². The summed E-state index contributed by atoms with van der Waals surface area (Å²) in [6.07, 6.45) is 1.84. The van der Waals surface area contributed by atoms with Crippen molar-refractivity contribution in [3.63, 3.8) is 0 Å². The Morgan fingerprint density at radius 3 is 2.32 bits per heavy atom. The summed E-state index contributed by atoms with van der Waals surface area (Å²) >= 11 is 5.80. The SMILES string of the molecule is CCCOc1ccc(NC(=O)CC2C(=O)N(c3ccccc3)C(=S)N2CCCN2CCN(CC)CC2)cc1. The maximum Gasteiger partial charge on any atom is 0.256 e. The quantitative estimate of drug-likeness (QED) is 0.413. The molecule has 2 heterocycles. The van der Waals surface area contributed by atoms with Crippen LogP contribution in [-0.2, 0) is 9.59 Å². The molecule has 38 heavy (non-hydrogen) atoms. The molecule has 2 amide bonds. The summed E-state index contributed by atoms with van der Waals surface area (Å²) in [7, 11) is 0. The molecule has 2 fully saturated rings. The van der Waals surface area contributed by atoms with Crippen LogP contribution >= 0.6 is 12.2 Å². The van der Waals surface area contributed by atoms with Gasteiger partial charge in [0.25, 0.3) is 5.91 Å². The summed E-state index contributed by atoms with van der Waals surface area (Å²) in [6.45, 7) is 11.9. The number of amides is 2. The van der Waals surface area contributed by atoms with Crippen molar-refractivity contribution in [3.05, 3.63) is 54.6 Å². The number of anilines is 2. The largest absolute Gasteiger partial charge is 0.494 e. The average Bonchev–Trinajstić information content (AvgIpc) is 3.17. The summed E-state index contributed by atoms with van der Waals surface area (Å²) in [5.74, 6) is 0.391. The van der Waals surface area contributed by atoms with Crippen LogP contribution in [0.2, 0.25) is 0 Å². The van der Waals surface area contributed by atoms with Crippen LogP contribution in [0.15, 0.2) is 54.6 Å². The molecule has 0 saturated carbocycles. The fraction of sp³-hybridized carbons (Fsp3) is 0.483. The summed E-state index contributed by atoms with van der Waals surface area (Å²) < 4.78 is 5.62. The van der Waals surface area contributed by atoms with Crippen LogP contribution in [0.1, 0.15) is 33.1 Å². The fourth-order valence-corrected chi connectivity index (χ4v) is 5.35. The number of benzene rings is 2. The first kappa shape index (κ1) is 28.0. The zero-order valence-electron chi connectivity index (χ0n) is 22.5. The Hall–Kier alpha value is -3.01. The Morgan fingerprint density at radius 1 is 0.974 bits per heavy atom. The van der Waals surface area contributed by atoms with Gasteiger partial charge in [-0.05, 0) is 74.5 Å². The highest BCUT2D eigenvalue weighted by Crippen LogP contribution is 2.28. The minimum absolute atomic E-state index is 0.0333. The maximum atomic E-state index is 13.6. The maximum absolute atomic E-state index is 13.6. The van der Waals surface area contributed by atoms with E-state index >= 15 is 0 Å². The van der Waals surface area contributed by atoms with Gasteiger partial charge in [0.15, 0.2) is 5.11 Å². The lowest BCUT2D eigenvalue weighted by Gasteiger charge is -2.34. The van der Waals surface area contributed by atoms with E-state index in [-0.39, 0.29) is 18.2 Å². The molecule has 2 aromatic carbocycles. The molecule has 1 atom stereocenters. The molecule has 9 heteroatoms. The molecule has 0 spiro atoms. The molecule has 0 aliphatic carbocycles. The van der Waals surface area contributed by atoms with Gasteiger partial charge in [0.1, 0.15) is 11.8 Å². The highest BCUT2D eigenvalue weighted by Gasteiger charge is 2.43. The number of piperazine rings is 1. The van der Waals surface area contributed by atoms with Gasteiger partial charge in [-0.25, -0.2) is 0 Å². The lowest BCUT2D eigenvalue weighted by molar-refractivity contribution is -0.124. The smallest absolute Gasteiger partial charge is 0.256 e. The van der Waals surface area contributed by atoms with E-state index in [4.69, 9.17) is 17.0 Å². The van der Waals surface area contributed by atoms with E-state index < -0.39 is 6.04 Å². The van der Waals surface area contributed by atoms with E-state index in [1.165, 1.54) is 0 Å². The number of hydrogen-bond acceptors (Lipinski definition) is 6. The number of rotatable bonds is 12. The molecule has 2 aliphatic rings. The van der Waals surface area contributed by atoms with Crippen LogP contribution in [0.3, 0.4) is 0 Å². The molecule has 2 saturated heterocycles. The van der Waals surface area contributed by atoms with E-state index in [1.54, 1.807) is 4.90 Å². The lowest BCUT2D eigenvalue weighted by atomic mass is 10.1. The zero-order chi connectivity index (χ0) is 26.9. The van der Waals surface area contributed by atoms with Crippen LogP contribution in [0.25, 0.3) is 0 Å². The molecule has 2 aromatic rings. The number of ether oxygens (including phenoxy) is 1. The Labute approximate surface area is 231 Å². The van der Waals surface area contributed by atoms with Crippen molar-refractivity contribution in [1.82, 2.24) is 14.7 Å². The van der Waals surface area contributed by atoms with Gasteiger partial charge in [0, 0.05) is 38.4 Å². The number of para-hydroxylation sites is 1. The molecular weight excluding hydrogens is 498 g/mol. The molecule has 1 N–H and O–H groups in total. The Kier molecular flexibility index (Phi) is 10.1. The number of nitrogens with one attached hydrogen (secondary N) is 1.